The average molecular weight is 620 g/mol. The maximum Gasteiger partial charge on any atom is 0.421 e. The summed E-state index contributed by atoms with van der Waals surface area (Å²) in [6.07, 6.45) is -2.34. The summed E-state index contributed by atoms with van der Waals surface area (Å²) in [5, 5.41) is 6.32. The summed E-state index contributed by atoms with van der Waals surface area (Å²) < 4.78 is 91.5. The molecule has 3 fully saturated rings. The summed E-state index contributed by atoms with van der Waals surface area (Å²) in [4.78, 5) is 22.5. The Hall–Kier alpha value is -4.21. The molecule has 0 amide bonds. The van der Waals surface area contributed by atoms with E-state index in [4.69, 9.17) is 4.74 Å². The normalized spacial score (nSPS) is 19.0. The maximum absolute atomic E-state index is 14.0. The van der Waals surface area contributed by atoms with Crippen LogP contribution in [0.3, 0.4) is 0 Å². The highest BCUT2D eigenvalue weighted by molar-refractivity contribution is 5.95. The van der Waals surface area contributed by atoms with Gasteiger partial charge in [0.05, 0.1) is 24.9 Å². The Morgan fingerprint density at radius 2 is 1.36 bits per heavy atom. The summed E-state index contributed by atoms with van der Waals surface area (Å²) in [6.45, 7) is 4.38. The molecule has 44 heavy (non-hydrogen) atoms. The largest absolute Gasteiger partial charge is 0.421 e. The lowest BCUT2D eigenvalue weighted by molar-refractivity contribution is -0.138. The molecule has 0 spiro atoms. The zero-order valence-corrected chi connectivity index (χ0v) is 23.6. The van der Waals surface area contributed by atoms with Gasteiger partial charge in [0.25, 0.3) is 0 Å². The van der Waals surface area contributed by atoms with E-state index in [2.05, 4.69) is 35.6 Å². The molecule has 0 atom stereocenters. The van der Waals surface area contributed by atoms with Crippen molar-refractivity contribution in [3.8, 4) is 0 Å². The molecule has 10 nitrogen and oxygen atoms in total. The van der Waals surface area contributed by atoms with E-state index in [1.54, 1.807) is 38.4 Å². The molecule has 232 valence electrons. The zero-order chi connectivity index (χ0) is 31.1. The van der Waals surface area contributed by atoms with E-state index in [1.165, 1.54) is 4.90 Å². The van der Waals surface area contributed by atoms with Crippen molar-refractivity contribution in [1.29, 1.82) is 0 Å². The number of nitrogens with zero attached hydrogens (tertiary/aromatic N) is 7. The second-order valence-corrected chi connectivity index (χ2v) is 12.1. The van der Waals surface area contributed by atoms with Crippen molar-refractivity contribution in [2.24, 2.45) is 0 Å². The molecular weight excluding hydrogens is 592 g/mol. The number of aromatic nitrogens is 6. The summed E-state index contributed by atoms with van der Waals surface area (Å²) >= 11 is 0. The minimum Gasteiger partial charge on any atom is -0.377 e. The first-order valence-electron chi connectivity index (χ1n) is 14.0. The van der Waals surface area contributed by atoms with Crippen LogP contribution in [0.5, 0.6) is 0 Å². The summed E-state index contributed by atoms with van der Waals surface area (Å²) in [7, 11) is 0. The Kier molecular flexibility index (Phi) is 6.26. The molecule has 4 aromatic heterocycles. The van der Waals surface area contributed by atoms with Crippen molar-refractivity contribution in [3.05, 3.63) is 48.0 Å². The predicted molar refractivity (Wildman–Crippen MR) is 148 cm³/mol. The van der Waals surface area contributed by atoms with Crippen LogP contribution in [-0.2, 0) is 17.1 Å². The van der Waals surface area contributed by atoms with Gasteiger partial charge in [-0.05, 0) is 51.7 Å². The van der Waals surface area contributed by atoms with Crippen molar-refractivity contribution < 1.29 is 31.1 Å². The molecule has 0 radical (unpaired) electrons. The average Bonchev–Trinajstić information content (AvgIpc) is 3.80. The third-order valence-corrected chi connectivity index (χ3v) is 8.23. The molecule has 1 aliphatic heterocycles. The molecule has 4 aromatic rings. The number of rotatable bonds is 8. The summed E-state index contributed by atoms with van der Waals surface area (Å²) in [6, 6.07) is 3.34. The second kappa shape index (κ2) is 9.64. The Morgan fingerprint density at radius 1 is 0.841 bits per heavy atom. The molecule has 1 saturated heterocycles. The fourth-order valence-corrected chi connectivity index (χ4v) is 4.97. The van der Waals surface area contributed by atoms with Crippen molar-refractivity contribution in [3.63, 3.8) is 0 Å². The van der Waals surface area contributed by atoms with Crippen LogP contribution in [0.1, 0.15) is 56.7 Å². The number of halogens is 6. The molecule has 2 N–H and O–H groups in total. The van der Waals surface area contributed by atoms with E-state index in [9.17, 15) is 26.3 Å². The number of pyridine rings is 1. The number of anilines is 5. The quantitative estimate of drug-likeness (QED) is 0.211. The van der Waals surface area contributed by atoms with Gasteiger partial charge >= 0.3 is 12.4 Å². The molecule has 2 aliphatic carbocycles. The van der Waals surface area contributed by atoms with Gasteiger partial charge in [0.1, 0.15) is 28.4 Å². The molecule has 2 saturated carbocycles. The Bertz CT molecular complexity index is 1660. The lowest BCUT2D eigenvalue weighted by Gasteiger charge is -2.28. The molecule has 5 heterocycles. The third kappa shape index (κ3) is 5.24. The molecular formula is C28H27F6N9O. The van der Waals surface area contributed by atoms with Gasteiger partial charge in [-0.15, -0.1) is 0 Å². The Morgan fingerprint density at radius 3 is 1.80 bits per heavy atom. The van der Waals surface area contributed by atoms with Crippen LogP contribution in [0, 0.1) is 0 Å². The van der Waals surface area contributed by atoms with Gasteiger partial charge in [-0.2, -0.15) is 36.3 Å². The fraction of sp³-hybridized carbons (Fsp3) is 0.464. The number of ether oxygens (including phenoxy) is 1. The molecule has 16 heteroatoms. The van der Waals surface area contributed by atoms with Gasteiger partial charge in [0.15, 0.2) is 0 Å². The van der Waals surface area contributed by atoms with Crippen molar-refractivity contribution in [1.82, 2.24) is 29.5 Å². The van der Waals surface area contributed by atoms with Gasteiger partial charge in [-0.3, -0.25) is 0 Å². The highest BCUT2D eigenvalue weighted by Gasteiger charge is 2.44. The monoisotopic (exact) mass is 619 g/mol. The minimum atomic E-state index is -4.76. The standard InChI is InChI=1S/C28H27F6N9O/c1-25(5-6-25)40-20-17(27(29,30)31)10-36-23(38-20)43(19-12-42(15-13-44-14-15)22-16(19)4-3-9-35-22)24-37-11-18(28(32,33)34)21(39-24)41-26(2)7-8-26/h3-4,9-12,15H,5-8,13-14H2,1-2H3,(H,36,38,40)(H,37,39,41). The number of fused-ring (bicyclic) bond motifs is 1. The van der Waals surface area contributed by atoms with E-state index >= 15 is 0 Å². The fourth-order valence-electron chi connectivity index (χ4n) is 4.97. The van der Waals surface area contributed by atoms with Crippen LogP contribution in [0.4, 0.5) is 55.6 Å². The van der Waals surface area contributed by atoms with Crippen molar-refractivity contribution in [2.75, 3.05) is 28.7 Å². The van der Waals surface area contributed by atoms with Gasteiger partial charge in [-0.1, -0.05) is 0 Å². The van der Waals surface area contributed by atoms with E-state index in [0.29, 0.717) is 68.0 Å². The lowest BCUT2D eigenvalue weighted by atomic mass is 10.2. The van der Waals surface area contributed by atoms with Gasteiger partial charge in [0.2, 0.25) is 11.9 Å². The molecule has 7 rings (SSSR count). The van der Waals surface area contributed by atoms with E-state index in [-0.39, 0.29) is 17.9 Å². The zero-order valence-electron chi connectivity index (χ0n) is 23.6. The minimum absolute atomic E-state index is 0.0795. The van der Waals surface area contributed by atoms with Crippen LogP contribution in [-0.4, -0.2) is 53.8 Å². The molecule has 0 unspecified atom stereocenters. The summed E-state index contributed by atoms with van der Waals surface area (Å²) in [5.74, 6) is -1.42. The number of hydrogen-bond donors (Lipinski definition) is 2. The van der Waals surface area contributed by atoms with E-state index in [0.717, 1.165) is 0 Å². The molecule has 3 aliphatic rings. The maximum atomic E-state index is 14.0. The van der Waals surface area contributed by atoms with Crippen LogP contribution in [0.2, 0.25) is 0 Å². The van der Waals surface area contributed by atoms with E-state index in [1.807, 2.05) is 4.57 Å². The van der Waals surface area contributed by atoms with Crippen molar-refractivity contribution in [2.45, 2.75) is 69.0 Å². The highest BCUT2D eigenvalue weighted by Crippen LogP contribution is 2.46. The number of hydrogen-bond acceptors (Lipinski definition) is 9. The van der Waals surface area contributed by atoms with Gasteiger partial charge in [0, 0.05) is 41.3 Å². The highest BCUT2D eigenvalue weighted by atomic mass is 19.4. The Labute approximate surface area is 246 Å². The van der Waals surface area contributed by atoms with Crippen molar-refractivity contribution >= 4 is 40.3 Å². The van der Waals surface area contributed by atoms with Crippen LogP contribution in [0.25, 0.3) is 11.0 Å². The molecule has 0 bridgehead atoms. The smallest absolute Gasteiger partial charge is 0.377 e. The topological polar surface area (TPSA) is 106 Å². The van der Waals surface area contributed by atoms with E-state index < -0.39 is 46.2 Å². The molecule has 0 aromatic carbocycles. The first-order chi connectivity index (χ1) is 20.7. The third-order valence-electron chi connectivity index (χ3n) is 8.23. The summed E-state index contributed by atoms with van der Waals surface area (Å²) in [5.41, 5.74) is -2.44. The van der Waals surface area contributed by atoms with Gasteiger partial charge in [-0.25, -0.2) is 19.9 Å². The Balaban J connectivity index is 1.44. The SMILES string of the molecule is CC1(Nc2nc(N(c3ncc(C(F)(F)F)c(NC4(C)CC4)n3)c3cn(C4COC4)c4ncccc34)ncc2C(F)(F)F)CC1. The van der Waals surface area contributed by atoms with Gasteiger partial charge < -0.3 is 19.9 Å². The van der Waals surface area contributed by atoms with Crippen LogP contribution >= 0.6 is 0 Å². The van der Waals surface area contributed by atoms with Crippen LogP contribution in [0.15, 0.2) is 36.9 Å². The predicted octanol–water partition coefficient (Wildman–Crippen LogP) is 6.62. The number of nitrogens with one attached hydrogen (secondary N) is 2. The first-order valence-corrected chi connectivity index (χ1v) is 14.0. The lowest BCUT2D eigenvalue weighted by Crippen LogP contribution is -2.30. The first kappa shape index (κ1) is 28.6. The second-order valence-electron chi connectivity index (χ2n) is 12.1. The number of alkyl halides is 6. The van der Waals surface area contributed by atoms with Crippen LogP contribution < -0.4 is 15.5 Å².